The summed E-state index contributed by atoms with van der Waals surface area (Å²) >= 11 is 0. The Morgan fingerprint density at radius 3 is 2.71 bits per heavy atom. The van der Waals surface area contributed by atoms with Crippen LogP contribution in [-0.2, 0) is 9.53 Å². The molecule has 1 rings (SSSR count). The van der Waals surface area contributed by atoms with E-state index in [1.54, 1.807) is 12.1 Å². The molecule has 0 radical (unpaired) electrons. The van der Waals surface area contributed by atoms with Gasteiger partial charge in [-0.05, 0) is 30.5 Å². The molecule has 3 nitrogen and oxygen atoms in total. The van der Waals surface area contributed by atoms with Crippen LogP contribution in [0.15, 0.2) is 30.3 Å². The maximum atomic E-state index is 10.8. The Kier molecular flexibility index (Phi) is 5.53. The molecule has 0 spiro atoms. The number of carbonyl (C=O) groups excluding carboxylic acids is 1. The van der Waals surface area contributed by atoms with E-state index in [1.807, 2.05) is 24.3 Å². The number of hydrogen-bond acceptors (Lipinski definition) is 3. The van der Waals surface area contributed by atoms with Crippen molar-refractivity contribution in [3.05, 3.63) is 41.5 Å². The first-order valence-corrected chi connectivity index (χ1v) is 5.50. The summed E-state index contributed by atoms with van der Waals surface area (Å²) in [5, 5.41) is 8.64. The largest absolute Gasteiger partial charge is 0.469 e. The zero-order valence-electron chi connectivity index (χ0n) is 9.85. The predicted molar refractivity (Wildman–Crippen MR) is 66.1 cm³/mol. The van der Waals surface area contributed by atoms with Crippen molar-refractivity contribution in [1.82, 2.24) is 0 Å². The second kappa shape index (κ2) is 7.24. The van der Waals surface area contributed by atoms with Crippen molar-refractivity contribution in [3.63, 3.8) is 0 Å². The normalized spacial score (nSPS) is 10.1. The number of unbranched alkanes of at least 4 members (excludes halogenated alkanes) is 1. The fraction of sp³-hybridized carbons (Fsp3) is 0.286. The molecule has 0 atom stereocenters. The molecule has 0 saturated heterocycles. The molecule has 1 aromatic carbocycles. The van der Waals surface area contributed by atoms with E-state index in [0.29, 0.717) is 12.0 Å². The van der Waals surface area contributed by atoms with Crippen molar-refractivity contribution < 1.29 is 9.53 Å². The number of allylic oxidation sites excluding steroid dienone is 1. The first-order chi connectivity index (χ1) is 8.26. The zero-order chi connectivity index (χ0) is 12.5. The Balaban J connectivity index is 2.33. The van der Waals surface area contributed by atoms with E-state index in [-0.39, 0.29) is 5.97 Å². The first-order valence-electron chi connectivity index (χ1n) is 5.50. The average Bonchev–Trinajstić information content (AvgIpc) is 2.38. The van der Waals surface area contributed by atoms with E-state index in [2.05, 4.69) is 10.8 Å². The third-order valence-electron chi connectivity index (χ3n) is 2.33. The Morgan fingerprint density at radius 1 is 1.41 bits per heavy atom. The van der Waals surface area contributed by atoms with E-state index in [9.17, 15) is 4.79 Å². The molecule has 0 saturated carbocycles. The molecule has 0 heterocycles. The van der Waals surface area contributed by atoms with Gasteiger partial charge in [0.1, 0.15) is 0 Å². The number of carbonyl (C=O) groups is 1. The third-order valence-corrected chi connectivity index (χ3v) is 2.33. The summed E-state index contributed by atoms with van der Waals surface area (Å²) in [4.78, 5) is 10.8. The number of benzene rings is 1. The Bertz CT molecular complexity index is 427. The summed E-state index contributed by atoms with van der Waals surface area (Å²) in [6.07, 6.45) is 6.09. The Labute approximate surface area is 101 Å². The number of esters is 1. The van der Waals surface area contributed by atoms with Gasteiger partial charge < -0.3 is 4.74 Å². The molecule has 0 unspecified atom stereocenters. The van der Waals surface area contributed by atoms with Crippen molar-refractivity contribution in [2.24, 2.45) is 0 Å². The van der Waals surface area contributed by atoms with Crippen LogP contribution in [-0.4, -0.2) is 13.1 Å². The maximum Gasteiger partial charge on any atom is 0.305 e. The van der Waals surface area contributed by atoms with Crippen LogP contribution in [0.5, 0.6) is 0 Å². The van der Waals surface area contributed by atoms with Crippen LogP contribution >= 0.6 is 0 Å². The monoisotopic (exact) mass is 229 g/mol. The molecule has 3 heteroatoms. The predicted octanol–water partition coefficient (Wildman–Crippen LogP) is 2.91. The summed E-state index contributed by atoms with van der Waals surface area (Å²) in [6, 6.07) is 9.44. The van der Waals surface area contributed by atoms with Gasteiger partial charge in [-0.2, -0.15) is 5.26 Å². The highest BCUT2D eigenvalue weighted by molar-refractivity contribution is 5.69. The summed E-state index contributed by atoms with van der Waals surface area (Å²) in [5.41, 5.74) is 1.72. The fourth-order valence-electron chi connectivity index (χ4n) is 1.35. The minimum atomic E-state index is -0.170. The topological polar surface area (TPSA) is 50.1 Å². The third kappa shape index (κ3) is 4.98. The van der Waals surface area contributed by atoms with E-state index >= 15 is 0 Å². The van der Waals surface area contributed by atoms with Crippen LogP contribution in [0, 0.1) is 11.3 Å². The van der Waals surface area contributed by atoms with Gasteiger partial charge in [-0.3, -0.25) is 4.79 Å². The van der Waals surface area contributed by atoms with Crippen molar-refractivity contribution in [2.75, 3.05) is 7.11 Å². The molecule has 0 N–H and O–H groups in total. The quantitative estimate of drug-likeness (QED) is 0.576. The van der Waals surface area contributed by atoms with Crippen LogP contribution in [0.1, 0.15) is 30.4 Å². The van der Waals surface area contributed by atoms with Crippen molar-refractivity contribution >= 4 is 12.0 Å². The van der Waals surface area contributed by atoms with E-state index in [4.69, 9.17) is 5.26 Å². The van der Waals surface area contributed by atoms with E-state index in [0.717, 1.165) is 18.4 Å². The van der Waals surface area contributed by atoms with Gasteiger partial charge in [0.15, 0.2) is 0 Å². The molecule has 0 aromatic heterocycles. The molecule has 0 aliphatic carbocycles. The van der Waals surface area contributed by atoms with Crippen molar-refractivity contribution in [2.45, 2.75) is 19.3 Å². The smallest absolute Gasteiger partial charge is 0.305 e. The highest BCUT2D eigenvalue weighted by Crippen LogP contribution is 2.07. The number of methoxy groups -OCH3 is 1. The fourth-order valence-corrected chi connectivity index (χ4v) is 1.35. The molecular weight excluding hydrogens is 214 g/mol. The molecule has 0 fully saturated rings. The molecule has 0 amide bonds. The van der Waals surface area contributed by atoms with Crippen LogP contribution in [0.3, 0.4) is 0 Å². The van der Waals surface area contributed by atoms with E-state index < -0.39 is 0 Å². The lowest BCUT2D eigenvalue weighted by atomic mass is 10.1. The molecule has 0 aliphatic heterocycles. The minimum absolute atomic E-state index is 0.170. The molecule has 17 heavy (non-hydrogen) atoms. The van der Waals surface area contributed by atoms with Crippen molar-refractivity contribution in [1.29, 1.82) is 5.26 Å². The second-order valence-corrected chi connectivity index (χ2v) is 3.60. The second-order valence-electron chi connectivity index (χ2n) is 3.60. The number of nitrogens with zero attached hydrogens (tertiary/aromatic N) is 1. The number of ether oxygens (including phenoxy) is 1. The molecule has 0 bridgehead atoms. The lowest BCUT2D eigenvalue weighted by Gasteiger charge is -1.96. The van der Waals surface area contributed by atoms with Gasteiger partial charge in [0.25, 0.3) is 0 Å². The lowest BCUT2D eigenvalue weighted by Crippen LogP contribution is -1.98. The van der Waals surface area contributed by atoms with Gasteiger partial charge in [-0.1, -0.05) is 24.3 Å². The van der Waals surface area contributed by atoms with Gasteiger partial charge >= 0.3 is 5.97 Å². The van der Waals surface area contributed by atoms with Crippen molar-refractivity contribution in [3.8, 4) is 6.07 Å². The molecule has 0 aliphatic rings. The van der Waals surface area contributed by atoms with Gasteiger partial charge in [0.2, 0.25) is 0 Å². The van der Waals surface area contributed by atoms with Crippen LogP contribution in [0.4, 0.5) is 0 Å². The summed E-state index contributed by atoms with van der Waals surface area (Å²) < 4.78 is 4.55. The average molecular weight is 229 g/mol. The Morgan fingerprint density at radius 2 is 2.12 bits per heavy atom. The Hall–Kier alpha value is -2.08. The van der Waals surface area contributed by atoms with Gasteiger partial charge in [0, 0.05) is 6.42 Å². The zero-order valence-corrected chi connectivity index (χ0v) is 9.85. The molecule has 88 valence electrons. The summed E-state index contributed by atoms with van der Waals surface area (Å²) in [6.45, 7) is 0. The SMILES string of the molecule is COC(=O)CCC/C=C/c1ccc(C#N)cc1. The highest BCUT2D eigenvalue weighted by Gasteiger charge is 1.97. The van der Waals surface area contributed by atoms with E-state index in [1.165, 1.54) is 7.11 Å². The van der Waals surface area contributed by atoms with Gasteiger partial charge in [-0.15, -0.1) is 0 Å². The summed E-state index contributed by atoms with van der Waals surface area (Å²) in [7, 11) is 1.40. The van der Waals surface area contributed by atoms with Gasteiger partial charge in [-0.25, -0.2) is 0 Å². The summed E-state index contributed by atoms with van der Waals surface area (Å²) in [5.74, 6) is -0.170. The standard InChI is InChI=1S/C14H15NO2/c1-17-14(16)6-4-2-3-5-12-7-9-13(11-15)10-8-12/h3,5,7-10H,2,4,6H2,1H3/b5-3+. The van der Waals surface area contributed by atoms with Crippen LogP contribution < -0.4 is 0 Å². The highest BCUT2D eigenvalue weighted by atomic mass is 16.5. The van der Waals surface area contributed by atoms with Crippen LogP contribution in [0.2, 0.25) is 0 Å². The lowest BCUT2D eigenvalue weighted by molar-refractivity contribution is -0.140. The molecular formula is C14H15NO2. The number of hydrogen-bond donors (Lipinski definition) is 0. The van der Waals surface area contributed by atoms with Crippen LogP contribution in [0.25, 0.3) is 6.08 Å². The number of nitriles is 1. The minimum Gasteiger partial charge on any atom is -0.469 e. The van der Waals surface area contributed by atoms with Gasteiger partial charge in [0.05, 0.1) is 18.7 Å². The molecule has 1 aromatic rings. The first kappa shape index (κ1) is 13.0. The number of rotatable bonds is 5. The maximum absolute atomic E-state index is 10.8.